The zero-order valence-corrected chi connectivity index (χ0v) is 10.4. The third-order valence-corrected chi connectivity index (χ3v) is 3.26. The lowest BCUT2D eigenvalue weighted by Gasteiger charge is -2.20. The molecule has 100 valence electrons. The summed E-state index contributed by atoms with van der Waals surface area (Å²) in [4.78, 5) is 14.2. The van der Waals surface area contributed by atoms with Gasteiger partial charge in [0.2, 0.25) is 0 Å². The van der Waals surface area contributed by atoms with E-state index in [2.05, 4.69) is 5.10 Å². The maximum absolute atomic E-state index is 12.4. The van der Waals surface area contributed by atoms with Crippen LogP contribution < -0.4 is 5.73 Å². The molecular formula is C12H19FN4O. The Kier molecular flexibility index (Phi) is 4.17. The number of amides is 1. The molecule has 1 aliphatic rings. The molecule has 1 aliphatic heterocycles. The molecule has 2 rings (SSSR count). The third-order valence-electron chi connectivity index (χ3n) is 3.26. The van der Waals surface area contributed by atoms with E-state index in [1.807, 2.05) is 0 Å². The van der Waals surface area contributed by atoms with Crippen LogP contribution in [0, 0.1) is 0 Å². The first-order valence-corrected chi connectivity index (χ1v) is 6.40. The summed E-state index contributed by atoms with van der Waals surface area (Å²) in [6.07, 6.45) is 5.76. The molecule has 1 saturated heterocycles. The number of aryl methyl sites for hydroxylation is 1. The number of halogens is 1. The van der Waals surface area contributed by atoms with E-state index < -0.39 is 6.67 Å². The summed E-state index contributed by atoms with van der Waals surface area (Å²) in [6, 6.07) is 0. The van der Waals surface area contributed by atoms with Crippen LogP contribution in [0.4, 0.5) is 10.1 Å². The minimum atomic E-state index is -0.554. The van der Waals surface area contributed by atoms with Gasteiger partial charge in [0.15, 0.2) is 0 Å². The van der Waals surface area contributed by atoms with Crippen LogP contribution in [0.25, 0.3) is 0 Å². The van der Waals surface area contributed by atoms with Gasteiger partial charge in [-0.2, -0.15) is 5.10 Å². The van der Waals surface area contributed by atoms with Crippen LogP contribution in [0.3, 0.4) is 0 Å². The number of nitrogens with two attached hydrogens (primary N) is 1. The van der Waals surface area contributed by atoms with Crippen LogP contribution in [0.2, 0.25) is 0 Å². The number of hydrogen-bond donors (Lipinski definition) is 1. The molecule has 1 fully saturated rings. The normalized spacial score (nSPS) is 16.6. The fraction of sp³-hybridized carbons (Fsp3) is 0.667. The van der Waals surface area contributed by atoms with Crippen molar-refractivity contribution in [2.75, 3.05) is 25.5 Å². The van der Waals surface area contributed by atoms with Gasteiger partial charge in [-0.15, -0.1) is 0 Å². The number of carbonyl (C=O) groups excluding carboxylic acids is 1. The lowest BCUT2D eigenvalue weighted by atomic mass is 10.2. The van der Waals surface area contributed by atoms with Gasteiger partial charge in [-0.05, 0) is 12.8 Å². The third kappa shape index (κ3) is 2.63. The van der Waals surface area contributed by atoms with E-state index in [-0.39, 0.29) is 12.5 Å². The Balaban J connectivity index is 2.18. The van der Waals surface area contributed by atoms with Crippen molar-refractivity contribution in [3.63, 3.8) is 0 Å². The summed E-state index contributed by atoms with van der Waals surface area (Å²) in [5.41, 5.74) is 6.42. The fourth-order valence-electron chi connectivity index (χ4n) is 2.31. The highest BCUT2D eigenvalue weighted by molar-refractivity contribution is 5.97. The van der Waals surface area contributed by atoms with Crippen molar-refractivity contribution in [3.05, 3.63) is 11.9 Å². The molecule has 6 heteroatoms. The second-order valence-corrected chi connectivity index (χ2v) is 4.57. The van der Waals surface area contributed by atoms with E-state index in [0.29, 0.717) is 11.4 Å². The summed E-state index contributed by atoms with van der Waals surface area (Å²) in [7, 11) is 0. The van der Waals surface area contributed by atoms with Gasteiger partial charge in [-0.25, -0.2) is 4.39 Å². The van der Waals surface area contributed by atoms with E-state index in [1.165, 1.54) is 10.9 Å². The van der Waals surface area contributed by atoms with Gasteiger partial charge in [-0.1, -0.05) is 12.8 Å². The van der Waals surface area contributed by atoms with Crippen LogP contribution >= 0.6 is 0 Å². The molecule has 0 radical (unpaired) electrons. The fourth-order valence-corrected chi connectivity index (χ4v) is 2.31. The maximum Gasteiger partial charge on any atom is 0.274 e. The lowest BCUT2D eigenvalue weighted by Crippen LogP contribution is -2.34. The zero-order chi connectivity index (χ0) is 13.0. The Morgan fingerprint density at radius 1 is 1.33 bits per heavy atom. The van der Waals surface area contributed by atoms with Gasteiger partial charge in [0.25, 0.3) is 5.91 Å². The molecule has 2 N–H and O–H groups in total. The predicted molar refractivity (Wildman–Crippen MR) is 67.0 cm³/mol. The molecule has 2 heterocycles. The predicted octanol–water partition coefficient (Wildman–Crippen LogP) is 1.45. The van der Waals surface area contributed by atoms with Crippen LogP contribution in [0.5, 0.6) is 0 Å². The first kappa shape index (κ1) is 12.9. The van der Waals surface area contributed by atoms with Gasteiger partial charge in [0, 0.05) is 13.1 Å². The molecular weight excluding hydrogens is 235 g/mol. The largest absolute Gasteiger partial charge is 0.396 e. The van der Waals surface area contributed by atoms with Crippen LogP contribution in [-0.4, -0.2) is 40.4 Å². The second kappa shape index (κ2) is 5.84. The Morgan fingerprint density at radius 2 is 2.00 bits per heavy atom. The minimum absolute atomic E-state index is 0.0755. The Bertz CT molecular complexity index is 410. The van der Waals surface area contributed by atoms with E-state index >= 15 is 0 Å². The van der Waals surface area contributed by atoms with Crippen molar-refractivity contribution >= 4 is 11.6 Å². The van der Waals surface area contributed by atoms with Crippen LogP contribution in [-0.2, 0) is 6.54 Å². The van der Waals surface area contributed by atoms with Crippen LogP contribution in [0.1, 0.15) is 36.2 Å². The number of hydrogen-bond acceptors (Lipinski definition) is 3. The maximum atomic E-state index is 12.4. The number of anilines is 1. The zero-order valence-electron chi connectivity index (χ0n) is 10.4. The molecule has 0 aromatic carbocycles. The molecule has 0 atom stereocenters. The molecule has 1 amide bonds. The summed E-state index contributed by atoms with van der Waals surface area (Å²) in [6.45, 7) is 1.02. The molecule has 0 saturated carbocycles. The summed E-state index contributed by atoms with van der Waals surface area (Å²) in [5, 5.41) is 3.95. The lowest BCUT2D eigenvalue weighted by molar-refractivity contribution is 0.0749. The average molecular weight is 254 g/mol. The van der Waals surface area contributed by atoms with Gasteiger partial charge in [0.1, 0.15) is 12.4 Å². The molecule has 18 heavy (non-hydrogen) atoms. The number of nitrogens with zero attached hydrogens (tertiary/aromatic N) is 3. The molecule has 0 unspecified atom stereocenters. The number of alkyl halides is 1. The summed E-state index contributed by atoms with van der Waals surface area (Å²) >= 11 is 0. The minimum Gasteiger partial charge on any atom is -0.396 e. The highest BCUT2D eigenvalue weighted by Gasteiger charge is 2.23. The Hall–Kier alpha value is -1.59. The first-order chi connectivity index (χ1) is 8.74. The SMILES string of the molecule is Nc1cnn(CCF)c1C(=O)N1CCCCCC1. The number of carbonyl (C=O) groups is 1. The van der Waals surface area contributed by atoms with Crippen molar-refractivity contribution in [3.8, 4) is 0 Å². The quantitative estimate of drug-likeness (QED) is 0.888. The molecule has 0 spiro atoms. The highest BCUT2D eigenvalue weighted by atomic mass is 19.1. The molecule has 1 aromatic rings. The summed E-state index contributed by atoms with van der Waals surface area (Å²) in [5.74, 6) is -0.125. The monoisotopic (exact) mass is 254 g/mol. The molecule has 0 bridgehead atoms. The van der Waals surface area contributed by atoms with Crippen LogP contribution in [0.15, 0.2) is 6.20 Å². The first-order valence-electron chi connectivity index (χ1n) is 6.40. The average Bonchev–Trinajstić information content (AvgIpc) is 2.58. The van der Waals surface area contributed by atoms with E-state index in [1.54, 1.807) is 4.90 Å². The number of aromatic nitrogens is 2. The molecule has 0 aliphatic carbocycles. The number of rotatable bonds is 3. The van der Waals surface area contributed by atoms with Gasteiger partial charge in [-0.3, -0.25) is 9.48 Å². The van der Waals surface area contributed by atoms with Crippen molar-refractivity contribution in [1.82, 2.24) is 14.7 Å². The standard InChI is InChI=1S/C12H19FN4O/c13-5-8-17-11(10(14)9-15-17)12(18)16-6-3-1-2-4-7-16/h9H,1-8,14H2. The van der Waals surface area contributed by atoms with Crippen molar-refractivity contribution in [1.29, 1.82) is 0 Å². The second-order valence-electron chi connectivity index (χ2n) is 4.57. The molecule has 1 aromatic heterocycles. The van der Waals surface area contributed by atoms with E-state index in [4.69, 9.17) is 5.73 Å². The number of nitrogen functional groups attached to an aromatic ring is 1. The van der Waals surface area contributed by atoms with Crippen molar-refractivity contribution in [2.24, 2.45) is 0 Å². The van der Waals surface area contributed by atoms with Gasteiger partial charge in [0.05, 0.1) is 18.4 Å². The van der Waals surface area contributed by atoms with Crippen molar-refractivity contribution in [2.45, 2.75) is 32.2 Å². The van der Waals surface area contributed by atoms with E-state index in [9.17, 15) is 9.18 Å². The Morgan fingerprint density at radius 3 is 2.61 bits per heavy atom. The molecule has 5 nitrogen and oxygen atoms in total. The van der Waals surface area contributed by atoms with E-state index in [0.717, 1.165) is 38.8 Å². The van der Waals surface area contributed by atoms with Crippen molar-refractivity contribution < 1.29 is 9.18 Å². The van der Waals surface area contributed by atoms with Gasteiger partial charge < -0.3 is 10.6 Å². The smallest absolute Gasteiger partial charge is 0.274 e. The van der Waals surface area contributed by atoms with Gasteiger partial charge >= 0.3 is 0 Å². The topological polar surface area (TPSA) is 64.1 Å². The number of likely N-dealkylation sites (tertiary alicyclic amines) is 1. The Labute approximate surface area is 106 Å². The highest BCUT2D eigenvalue weighted by Crippen LogP contribution is 2.17. The summed E-state index contributed by atoms with van der Waals surface area (Å²) < 4.78 is 13.8.